The van der Waals surface area contributed by atoms with Gasteiger partial charge in [0.2, 0.25) is 15.9 Å². The number of para-hydroxylation sites is 3. The van der Waals surface area contributed by atoms with Gasteiger partial charge in [-0.3, -0.25) is 4.79 Å². The maximum atomic E-state index is 12.7. The van der Waals surface area contributed by atoms with Crippen molar-refractivity contribution in [3.05, 3.63) is 54.1 Å². The second-order valence-corrected chi connectivity index (χ2v) is 8.77. The number of anilines is 1. The molecule has 144 valence electrons. The maximum Gasteiger partial charge on any atom is 0.227 e. The highest BCUT2D eigenvalue weighted by Crippen LogP contribution is 2.32. The molecule has 1 N–H and O–H groups in total. The number of carbonyl (C=O) groups excluding carboxylic acids is 1. The fraction of sp³-hybridized carbons (Fsp3) is 0.350. The van der Waals surface area contributed by atoms with Crippen molar-refractivity contribution in [2.75, 3.05) is 24.7 Å². The molecule has 0 saturated carbocycles. The highest BCUT2D eigenvalue weighted by molar-refractivity contribution is 7.88. The lowest BCUT2D eigenvalue weighted by molar-refractivity contribution is -0.120. The summed E-state index contributed by atoms with van der Waals surface area (Å²) in [5, 5.41) is 2.94. The first-order chi connectivity index (χ1) is 12.8. The number of ether oxygens (including phenoxy) is 1. The van der Waals surface area contributed by atoms with Crippen LogP contribution in [0, 0.1) is 12.8 Å². The van der Waals surface area contributed by atoms with E-state index in [4.69, 9.17) is 4.74 Å². The van der Waals surface area contributed by atoms with Crippen LogP contribution in [0.15, 0.2) is 48.5 Å². The van der Waals surface area contributed by atoms with Crippen LogP contribution in [0.3, 0.4) is 0 Å². The molecule has 0 aromatic heterocycles. The van der Waals surface area contributed by atoms with E-state index in [9.17, 15) is 13.2 Å². The Kier molecular flexibility index (Phi) is 5.82. The average Bonchev–Trinajstić information content (AvgIpc) is 2.64. The van der Waals surface area contributed by atoms with Gasteiger partial charge in [0.05, 0.1) is 11.9 Å². The van der Waals surface area contributed by atoms with Crippen molar-refractivity contribution in [3.8, 4) is 11.5 Å². The fourth-order valence-electron chi connectivity index (χ4n) is 3.13. The third kappa shape index (κ3) is 4.87. The molecule has 0 atom stereocenters. The molecule has 7 heteroatoms. The summed E-state index contributed by atoms with van der Waals surface area (Å²) in [6.45, 7) is 2.71. The van der Waals surface area contributed by atoms with E-state index in [1.807, 2.05) is 49.4 Å². The van der Waals surface area contributed by atoms with Crippen molar-refractivity contribution in [2.24, 2.45) is 5.92 Å². The monoisotopic (exact) mass is 388 g/mol. The van der Waals surface area contributed by atoms with Crippen molar-refractivity contribution >= 4 is 21.6 Å². The molecule has 0 unspecified atom stereocenters. The van der Waals surface area contributed by atoms with Gasteiger partial charge in [0.1, 0.15) is 5.75 Å². The minimum atomic E-state index is -3.20. The molecular formula is C20H24N2O4S. The van der Waals surface area contributed by atoms with Crippen LogP contribution in [0.1, 0.15) is 18.4 Å². The lowest BCUT2D eigenvalue weighted by atomic mass is 9.97. The topological polar surface area (TPSA) is 75.7 Å². The summed E-state index contributed by atoms with van der Waals surface area (Å²) in [6.07, 6.45) is 2.23. The van der Waals surface area contributed by atoms with E-state index < -0.39 is 10.0 Å². The van der Waals surface area contributed by atoms with Gasteiger partial charge in [-0.05, 0) is 43.5 Å². The molecule has 27 heavy (non-hydrogen) atoms. The second-order valence-electron chi connectivity index (χ2n) is 6.79. The number of piperidine rings is 1. The van der Waals surface area contributed by atoms with Gasteiger partial charge in [0, 0.05) is 19.0 Å². The Morgan fingerprint density at radius 3 is 2.26 bits per heavy atom. The SMILES string of the molecule is Cc1ccccc1Oc1ccccc1NC(=O)C1CCN(S(C)(=O)=O)CC1. The van der Waals surface area contributed by atoms with E-state index in [1.165, 1.54) is 10.6 Å². The molecule has 2 aromatic rings. The van der Waals surface area contributed by atoms with Crippen LogP contribution in [0.25, 0.3) is 0 Å². The zero-order valence-corrected chi connectivity index (χ0v) is 16.3. The smallest absolute Gasteiger partial charge is 0.227 e. The average molecular weight is 388 g/mol. The van der Waals surface area contributed by atoms with Crippen molar-refractivity contribution in [3.63, 3.8) is 0 Å². The van der Waals surface area contributed by atoms with Crippen molar-refractivity contribution in [1.29, 1.82) is 0 Å². The number of nitrogens with zero attached hydrogens (tertiary/aromatic N) is 1. The number of benzene rings is 2. The fourth-order valence-corrected chi connectivity index (χ4v) is 4.01. The van der Waals surface area contributed by atoms with Crippen LogP contribution < -0.4 is 10.1 Å². The minimum absolute atomic E-state index is 0.107. The van der Waals surface area contributed by atoms with Gasteiger partial charge in [0.25, 0.3) is 0 Å². The Balaban J connectivity index is 1.68. The molecule has 0 spiro atoms. The van der Waals surface area contributed by atoms with Crippen molar-refractivity contribution in [2.45, 2.75) is 19.8 Å². The zero-order valence-electron chi connectivity index (χ0n) is 15.5. The number of aryl methyl sites for hydroxylation is 1. The Labute approximate surface area is 160 Å². The Hall–Kier alpha value is -2.38. The van der Waals surface area contributed by atoms with Crippen LogP contribution in [-0.4, -0.2) is 38.0 Å². The van der Waals surface area contributed by atoms with Gasteiger partial charge in [-0.15, -0.1) is 0 Å². The highest BCUT2D eigenvalue weighted by atomic mass is 32.2. The number of nitrogens with one attached hydrogen (secondary N) is 1. The minimum Gasteiger partial charge on any atom is -0.455 e. The predicted molar refractivity (Wildman–Crippen MR) is 105 cm³/mol. The summed E-state index contributed by atoms with van der Waals surface area (Å²) >= 11 is 0. The summed E-state index contributed by atoms with van der Waals surface area (Å²) in [6, 6.07) is 15.0. The summed E-state index contributed by atoms with van der Waals surface area (Å²) in [7, 11) is -3.20. The molecule has 1 aliphatic rings. The summed E-state index contributed by atoms with van der Waals surface area (Å²) in [5.41, 5.74) is 1.61. The van der Waals surface area contributed by atoms with Crippen LogP contribution in [0.4, 0.5) is 5.69 Å². The quantitative estimate of drug-likeness (QED) is 0.852. The molecule has 1 heterocycles. The van der Waals surface area contributed by atoms with Crippen molar-refractivity contribution in [1.82, 2.24) is 4.31 Å². The molecule has 0 bridgehead atoms. The van der Waals surface area contributed by atoms with E-state index in [-0.39, 0.29) is 11.8 Å². The summed E-state index contributed by atoms with van der Waals surface area (Å²) < 4.78 is 30.6. The van der Waals surface area contributed by atoms with Crippen LogP contribution >= 0.6 is 0 Å². The third-order valence-corrected chi connectivity index (χ3v) is 6.06. The normalized spacial score (nSPS) is 16.1. The molecule has 3 rings (SSSR count). The number of amides is 1. The summed E-state index contributed by atoms with van der Waals surface area (Å²) in [4.78, 5) is 12.7. The molecule has 1 aliphatic heterocycles. The van der Waals surface area contributed by atoms with Gasteiger partial charge < -0.3 is 10.1 Å². The zero-order chi connectivity index (χ0) is 19.4. The predicted octanol–water partition coefficient (Wildman–Crippen LogP) is 3.40. The van der Waals surface area contributed by atoms with Crippen LogP contribution in [0.5, 0.6) is 11.5 Å². The molecular weight excluding hydrogens is 364 g/mol. The first-order valence-corrected chi connectivity index (χ1v) is 10.8. The maximum absolute atomic E-state index is 12.7. The van der Waals surface area contributed by atoms with Gasteiger partial charge in [-0.25, -0.2) is 12.7 Å². The number of hydrogen-bond donors (Lipinski definition) is 1. The third-order valence-electron chi connectivity index (χ3n) is 4.75. The largest absolute Gasteiger partial charge is 0.455 e. The van der Waals surface area contributed by atoms with E-state index in [0.717, 1.165) is 11.3 Å². The Morgan fingerprint density at radius 1 is 1.04 bits per heavy atom. The lowest BCUT2D eigenvalue weighted by Crippen LogP contribution is -2.40. The molecule has 1 fully saturated rings. The van der Waals surface area contributed by atoms with Crippen LogP contribution in [-0.2, 0) is 14.8 Å². The molecule has 1 amide bonds. The highest BCUT2D eigenvalue weighted by Gasteiger charge is 2.29. The first-order valence-electron chi connectivity index (χ1n) is 8.93. The number of hydrogen-bond acceptors (Lipinski definition) is 4. The Morgan fingerprint density at radius 2 is 1.63 bits per heavy atom. The van der Waals surface area contributed by atoms with E-state index in [0.29, 0.717) is 37.4 Å². The molecule has 0 radical (unpaired) electrons. The lowest BCUT2D eigenvalue weighted by Gasteiger charge is -2.29. The van der Waals surface area contributed by atoms with Gasteiger partial charge in [-0.2, -0.15) is 0 Å². The van der Waals surface area contributed by atoms with Gasteiger partial charge >= 0.3 is 0 Å². The van der Waals surface area contributed by atoms with Gasteiger partial charge in [0.15, 0.2) is 5.75 Å². The van der Waals surface area contributed by atoms with E-state index in [2.05, 4.69) is 5.32 Å². The molecule has 0 aliphatic carbocycles. The van der Waals surface area contributed by atoms with E-state index >= 15 is 0 Å². The number of carbonyl (C=O) groups is 1. The van der Waals surface area contributed by atoms with Crippen molar-refractivity contribution < 1.29 is 17.9 Å². The first kappa shape index (κ1) is 19.4. The Bertz CT molecular complexity index is 919. The van der Waals surface area contributed by atoms with Crippen LogP contribution in [0.2, 0.25) is 0 Å². The number of sulfonamides is 1. The molecule has 6 nitrogen and oxygen atoms in total. The molecule has 1 saturated heterocycles. The standard InChI is InChI=1S/C20H24N2O4S/c1-15-7-3-5-9-18(15)26-19-10-6-4-8-17(19)21-20(23)16-11-13-22(14-12-16)27(2,24)25/h3-10,16H,11-14H2,1-2H3,(H,21,23). The van der Waals surface area contributed by atoms with Gasteiger partial charge in [-0.1, -0.05) is 30.3 Å². The molecule has 2 aromatic carbocycles. The summed E-state index contributed by atoms with van der Waals surface area (Å²) in [5.74, 6) is 0.993. The number of rotatable bonds is 5. The van der Waals surface area contributed by atoms with E-state index in [1.54, 1.807) is 6.07 Å². The second kappa shape index (κ2) is 8.10.